The second kappa shape index (κ2) is 7.34. The molecule has 0 bridgehead atoms. The molecule has 0 saturated carbocycles. The zero-order valence-electron chi connectivity index (χ0n) is 12.5. The van der Waals surface area contributed by atoms with Gasteiger partial charge >= 0.3 is 0 Å². The summed E-state index contributed by atoms with van der Waals surface area (Å²) in [5.74, 6) is 0. The summed E-state index contributed by atoms with van der Waals surface area (Å²) in [5.41, 5.74) is 0.176. The maximum Gasteiger partial charge on any atom is 0.0637 e. The minimum absolute atomic E-state index is 0.0678. The molecule has 0 aliphatic carbocycles. The molecule has 0 aromatic heterocycles. The summed E-state index contributed by atoms with van der Waals surface area (Å²) in [5, 5.41) is 12.4. The Labute approximate surface area is 107 Å². The van der Waals surface area contributed by atoms with Gasteiger partial charge in [-0.05, 0) is 45.4 Å². The van der Waals surface area contributed by atoms with E-state index in [-0.39, 0.29) is 17.6 Å². The molecule has 0 amide bonds. The number of ether oxygens (including phenoxy) is 1. The standard InChI is InChI=1S/C14H31NO2/c1-12(10-14(4,5)17-6)15-11-13(2,3)8-7-9-16/h12,15-16H,7-11H2,1-6H3. The van der Waals surface area contributed by atoms with Crippen molar-refractivity contribution < 1.29 is 9.84 Å². The van der Waals surface area contributed by atoms with E-state index in [0.717, 1.165) is 25.8 Å². The Kier molecular flexibility index (Phi) is 7.29. The van der Waals surface area contributed by atoms with Crippen LogP contribution < -0.4 is 5.32 Å². The summed E-state index contributed by atoms with van der Waals surface area (Å²) in [6, 6.07) is 0.443. The van der Waals surface area contributed by atoms with Crippen LogP contribution in [0.5, 0.6) is 0 Å². The Morgan fingerprint density at radius 3 is 2.29 bits per heavy atom. The van der Waals surface area contributed by atoms with E-state index in [0.29, 0.717) is 6.04 Å². The highest BCUT2D eigenvalue weighted by molar-refractivity contribution is 4.78. The second-order valence-corrected chi connectivity index (χ2v) is 6.44. The molecule has 104 valence electrons. The molecule has 1 atom stereocenters. The van der Waals surface area contributed by atoms with Gasteiger partial charge in [0.05, 0.1) is 5.60 Å². The molecule has 17 heavy (non-hydrogen) atoms. The van der Waals surface area contributed by atoms with Gasteiger partial charge in [0.1, 0.15) is 0 Å². The van der Waals surface area contributed by atoms with E-state index in [1.165, 1.54) is 0 Å². The van der Waals surface area contributed by atoms with Crippen LogP contribution in [0.15, 0.2) is 0 Å². The maximum atomic E-state index is 8.85. The predicted molar refractivity (Wildman–Crippen MR) is 73.3 cm³/mol. The Morgan fingerprint density at radius 2 is 1.82 bits per heavy atom. The molecule has 0 saturated heterocycles. The van der Waals surface area contributed by atoms with Crippen LogP contribution in [0.1, 0.15) is 53.9 Å². The zero-order chi connectivity index (χ0) is 13.5. The Balaban J connectivity index is 3.94. The van der Waals surface area contributed by atoms with Crippen LogP contribution in [0.2, 0.25) is 0 Å². The summed E-state index contributed by atoms with van der Waals surface area (Å²) in [4.78, 5) is 0. The fourth-order valence-corrected chi connectivity index (χ4v) is 1.99. The topological polar surface area (TPSA) is 41.5 Å². The van der Waals surface area contributed by atoms with Crippen molar-refractivity contribution in [3.63, 3.8) is 0 Å². The summed E-state index contributed by atoms with van der Waals surface area (Å²) in [6.07, 6.45) is 2.93. The van der Waals surface area contributed by atoms with Crippen molar-refractivity contribution in [2.75, 3.05) is 20.3 Å². The van der Waals surface area contributed by atoms with Crippen LogP contribution in [0.3, 0.4) is 0 Å². The molecule has 0 aromatic rings. The number of aliphatic hydroxyl groups excluding tert-OH is 1. The fourth-order valence-electron chi connectivity index (χ4n) is 1.99. The average Bonchev–Trinajstić information content (AvgIpc) is 2.23. The van der Waals surface area contributed by atoms with E-state index in [4.69, 9.17) is 9.84 Å². The van der Waals surface area contributed by atoms with Gasteiger partial charge in [0.15, 0.2) is 0 Å². The first-order valence-electron chi connectivity index (χ1n) is 6.62. The van der Waals surface area contributed by atoms with Crippen molar-refractivity contribution in [3.8, 4) is 0 Å². The molecule has 2 N–H and O–H groups in total. The van der Waals surface area contributed by atoms with Crippen molar-refractivity contribution in [2.45, 2.75) is 65.5 Å². The Morgan fingerprint density at radius 1 is 1.24 bits per heavy atom. The molecule has 0 heterocycles. The maximum absolute atomic E-state index is 8.85. The minimum Gasteiger partial charge on any atom is -0.396 e. The molecule has 0 fully saturated rings. The van der Waals surface area contributed by atoms with Gasteiger partial charge in [0, 0.05) is 26.3 Å². The number of rotatable bonds is 9. The van der Waals surface area contributed by atoms with Crippen molar-refractivity contribution in [1.82, 2.24) is 5.32 Å². The predicted octanol–water partition coefficient (Wildman–Crippen LogP) is 2.58. The van der Waals surface area contributed by atoms with Gasteiger partial charge in [0.2, 0.25) is 0 Å². The first-order valence-corrected chi connectivity index (χ1v) is 6.62. The van der Waals surface area contributed by atoms with Crippen molar-refractivity contribution in [2.24, 2.45) is 5.41 Å². The third-order valence-corrected chi connectivity index (χ3v) is 3.29. The smallest absolute Gasteiger partial charge is 0.0637 e. The number of aliphatic hydroxyl groups is 1. The fraction of sp³-hybridized carbons (Fsp3) is 1.00. The molecule has 0 aliphatic heterocycles. The second-order valence-electron chi connectivity index (χ2n) is 6.44. The lowest BCUT2D eigenvalue weighted by atomic mass is 9.87. The van der Waals surface area contributed by atoms with Crippen LogP contribution in [-0.2, 0) is 4.74 Å². The molecule has 0 aromatic carbocycles. The van der Waals surface area contributed by atoms with Crippen molar-refractivity contribution >= 4 is 0 Å². The van der Waals surface area contributed by atoms with Crippen LogP contribution in [0.4, 0.5) is 0 Å². The Hall–Kier alpha value is -0.120. The molecule has 1 unspecified atom stereocenters. The highest BCUT2D eigenvalue weighted by atomic mass is 16.5. The van der Waals surface area contributed by atoms with Crippen LogP contribution in [0, 0.1) is 5.41 Å². The van der Waals surface area contributed by atoms with Crippen LogP contribution >= 0.6 is 0 Å². The van der Waals surface area contributed by atoms with Crippen LogP contribution in [0.25, 0.3) is 0 Å². The van der Waals surface area contributed by atoms with Gasteiger partial charge in [-0.1, -0.05) is 13.8 Å². The summed E-state index contributed by atoms with van der Waals surface area (Å²) in [7, 11) is 1.76. The first-order chi connectivity index (χ1) is 7.72. The summed E-state index contributed by atoms with van der Waals surface area (Å²) < 4.78 is 5.43. The molecule has 0 rings (SSSR count). The third kappa shape index (κ3) is 8.58. The lowest BCUT2D eigenvalue weighted by Gasteiger charge is -2.31. The summed E-state index contributed by atoms with van der Waals surface area (Å²) in [6.45, 7) is 12.2. The molecule has 3 nitrogen and oxygen atoms in total. The molecule has 3 heteroatoms. The van der Waals surface area contributed by atoms with Gasteiger partial charge in [-0.25, -0.2) is 0 Å². The van der Waals surface area contributed by atoms with Gasteiger partial charge < -0.3 is 15.2 Å². The molecule has 0 spiro atoms. The van der Waals surface area contributed by atoms with E-state index in [9.17, 15) is 0 Å². The first kappa shape index (κ1) is 16.9. The van der Waals surface area contributed by atoms with Gasteiger partial charge in [-0.3, -0.25) is 0 Å². The van der Waals surface area contributed by atoms with Crippen molar-refractivity contribution in [3.05, 3.63) is 0 Å². The third-order valence-electron chi connectivity index (χ3n) is 3.29. The molecular formula is C14H31NO2. The highest BCUT2D eigenvalue weighted by Crippen LogP contribution is 2.22. The monoisotopic (exact) mass is 245 g/mol. The minimum atomic E-state index is -0.0678. The van der Waals surface area contributed by atoms with Gasteiger partial charge in [-0.2, -0.15) is 0 Å². The SMILES string of the molecule is COC(C)(C)CC(C)NCC(C)(C)CCCO. The molecular weight excluding hydrogens is 214 g/mol. The van der Waals surface area contributed by atoms with Gasteiger partial charge in [0.25, 0.3) is 0 Å². The molecule has 0 aliphatic rings. The Bertz CT molecular complexity index is 202. The van der Waals surface area contributed by atoms with E-state index in [1.54, 1.807) is 7.11 Å². The lowest BCUT2D eigenvalue weighted by molar-refractivity contribution is 0.00778. The van der Waals surface area contributed by atoms with E-state index in [2.05, 4.69) is 39.9 Å². The largest absolute Gasteiger partial charge is 0.396 e. The highest BCUT2D eigenvalue weighted by Gasteiger charge is 2.22. The number of methoxy groups -OCH3 is 1. The quantitative estimate of drug-likeness (QED) is 0.656. The normalized spacial score (nSPS) is 15.0. The average molecular weight is 245 g/mol. The number of hydrogen-bond donors (Lipinski definition) is 2. The zero-order valence-corrected chi connectivity index (χ0v) is 12.5. The lowest BCUT2D eigenvalue weighted by Crippen LogP contribution is -2.40. The van der Waals surface area contributed by atoms with Crippen LogP contribution in [-0.4, -0.2) is 37.0 Å². The number of nitrogens with one attached hydrogen (secondary N) is 1. The van der Waals surface area contributed by atoms with E-state index in [1.807, 2.05) is 0 Å². The summed E-state index contributed by atoms with van der Waals surface area (Å²) >= 11 is 0. The van der Waals surface area contributed by atoms with Crippen molar-refractivity contribution in [1.29, 1.82) is 0 Å². The van der Waals surface area contributed by atoms with E-state index >= 15 is 0 Å². The number of hydrogen-bond acceptors (Lipinski definition) is 3. The van der Waals surface area contributed by atoms with Gasteiger partial charge in [-0.15, -0.1) is 0 Å². The molecule has 0 radical (unpaired) electrons. The van der Waals surface area contributed by atoms with E-state index < -0.39 is 0 Å².